The summed E-state index contributed by atoms with van der Waals surface area (Å²) in [5, 5.41) is 3.20. The lowest BCUT2D eigenvalue weighted by Gasteiger charge is -2.28. The maximum Gasteiger partial charge on any atom is 0.416 e. The number of rotatable bonds is 5. The number of hydrogen-bond donors (Lipinski definition) is 2. The zero-order chi connectivity index (χ0) is 13.8. The van der Waals surface area contributed by atoms with Crippen molar-refractivity contribution in [3.63, 3.8) is 0 Å². The standard InChI is InChI=1S/C13H19F3N2/c1-3-12(2,9-17)18-8-10-5-4-6-11(7-10)13(14,15)16/h4-7,18H,3,8-9,17H2,1-2H3. The Bertz CT molecular complexity index is 384. The number of halogens is 3. The third-order valence-corrected chi connectivity index (χ3v) is 3.20. The number of nitrogens with one attached hydrogen (secondary N) is 1. The molecule has 2 nitrogen and oxygen atoms in total. The van der Waals surface area contributed by atoms with Crippen molar-refractivity contribution in [2.24, 2.45) is 5.73 Å². The molecule has 1 rings (SSSR count). The van der Waals surface area contributed by atoms with Crippen LogP contribution in [-0.2, 0) is 12.7 Å². The predicted molar refractivity (Wildman–Crippen MR) is 66.0 cm³/mol. The molecule has 1 atom stereocenters. The van der Waals surface area contributed by atoms with E-state index in [2.05, 4.69) is 5.32 Å². The predicted octanol–water partition coefficient (Wildman–Crippen LogP) is 2.92. The number of hydrogen-bond acceptors (Lipinski definition) is 2. The average Bonchev–Trinajstić information content (AvgIpc) is 2.35. The largest absolute Gasteiger partial charge is 0.416 e. The van der Waals surface area contributed by atoms with Gasteiger partial charge in [0, 0.05) is 18.6 Å². The fraction of sp³-hybridized carbons (Fsp3) is 0.538. The van der Waals surface area contributed by atoms with Gasteiger partial charge in [0.1, 0.15) is 0 Å². The lowest BCUT2D eigenvalue weighted by molar-refractivity contribution is -0.137. The van der Waals surface area contributed by atoms with E-state index >= 15 is 0 Å². The Morgan fingerprint density at radius 1 is 1.28 bits per heavy atom. The van der Waals surface area contributed by atoms with Crippen molar-refractivity contribution in [2.45, 2.75) is 38.5 Å². The molecule has 0 aromatic heterocycles. The normalized spacial score (nSPS) is 15.4. The van der Waals surface area contributed by atoms with Crippen molar-refractivity contribution in [3.8, 4) is 0 Å². The van der Waals surface area contributed by atoms with E-state index in [1.807, 2.05) is 13.8 Å². The van der Waals surface area contributed by atoms with E-state index < -0.39 is 11.7 Å². The minimum absolute atomic E-state index is 0.242. The minimum Gasteiger partial charge on any atom is -0.329 e. The first-order valence-corrected chi connectivity index (χ1v) is 5.92. The number of benzene rings is 1. The molecule has 0 saturated heterocycles. The molecule has 1 aromatic carbocycles. The molecular weight excluding hydrogens is 241 g/mol. The summed E-state index contributed by atoms with van der Waals surface area (Å²) in [7, 11) is 0. The molecule has 0 aliphatic carbocycles. The van der Waals surface area contributed by atoms with Crippen LogP contribution in [0.3, 0.4) is 0 Å². The van der Waals surface area contributed by atoms with Crippen LogP contribution in [0.15, 0.2) is 24.3 Å². The molecule has 0 bridgehead atoms. The topological polar surface area (TPSA) is 38.0 Å². The van der Waals surface area contributed by atoms with E-state index in [0.717, 1.165) is 12.5 Å². The molecule has 3 N–H and O–H groups in total. The molecule has 0 amide bonds. The van der Waals surface area contributed by atoms with Crippen LogP contribution >= 0.6 is 0 Å². The van der Waals surface area contributed by atoms with Gasteiger partial charge in [-0.05, 0) is 25.0 Å². The summed E-state index contributed by atoms with van der Waals surface area (Å²) in [6, 6.07) is 5.34. The van der Waals surface area contributed by atoms with E-state index in [-0.39, 0.29) is 5.54 Å². The smallest absolute Gasteiger partial charge is 0.329 e. The average molecular weight is 260 g/mol. The molecule has 1 aromatic rings. The minimum atomic E-state index is -4.29. The van der Waals surface area contributed by atoms with E-state index in [0.29, 0.717) is 18.7 Å². The van der Waals surface area contributed by atoms with Crippen molar-refractivity contribution in [2.75, 3.05) is 6.54 Å². The zero-order valence-corrected chi connectivity index (χ0v) is 10.6. The first kappa shape index (κ1) is 15.0. The van der Waals surface area contributed by atoms with Crippen LogP contribution < -0.4 is 11.1 Å². The molecule has 0 heterocycles. The van der Waals surface area contributed by atoms with Crippen LogP contribution in [0.4, 0.5) is 13.2 Å². The lowest BCUT2D eigenvalue weighted by Crippen LogP contribution is -2.47. The molecule has 0 radical (unpaired) electrons. The van der Waals surface area contributed by atoms with Crippen LogP contribution in [-0.4, -0.2) is 12.1 Å². The second kappa shape index (κ2) is 5.71. The maximum atomic E-state index is 12.5. The van der Waals surface area contributed by atoms with Crippen molar-refractivity contribution in [3.05, 3.63) is 35.4 Å². The molecule has 0 saturated carbocycles. The summed E-state index contributed by atoms with van der Waals surface area (Å²) in [5.74, 6) is 0. The highest BCUT2D eigenvalue weighted by molar-refractivity contribution is 5.25. The third kappa shape index (κ3) is 3.99. The summed E-state index contributed by atoms with van der Waals surface area (Å²) < 4.78 is 37.6. The highest BCUT2D eigenvalue weighted by atomic mass is 19.4. The highest BCUT2D eigenvalue weighted by Crippen LogP contribution is 2.29. The second-order valence-corrected chi connectivity index (χ2v) is 4.67. The van der Waals surface area contributed by atoms with E-state index in [1.165, 1.54) is 12.1 Å². The van der Waals surface area contributed by atoms with Gasteiger partial charge in [-0.1, -0.05) is 25.1 Å². The molecule has 18 heavy (non-hydrogen) atoms. The summed E-state index contributed by atoms with van der Waals surface area (Å²) in [4.78, 5) is 0. The van der Waals surface area contributed by atoms with Gasteiger partial charge in [-0.3, -0.25) is 0 Å². The fourth-order valence-corrected chi connectivity index (χ4v) is 1.51. The third-order valence-electron chi connectivity index (χ3n) is 3.20. The van der Waals surface area contributed by atoms with Crippen LogP contribution in [0, 0.1) is 0 Å². The van der Waals surface area contributed by atoms with Gasteiger partial charge in [-0.2, -0.15) is 13.2 Å². The molecule has 0 aliphatic rings. The quantitative estimate of drug-likeness (QED) is 0.854. The van der Waals surface area contributed by atoms with Crippen LogP contribution in [0.25, 0.3) is 0 Å². The Morgan fingerprint density at radius 2 is 1.94 bits per heavy atom. The summed E-state index contributed by atoms with van der Waals surface area (Å²) >= 11 is 0. The van der Waals surface area contributed by atoms with Gasteiger partial charge >= 0.3 is 6.18 Å². The summed E-state index contributed by atoms with van der Waals surface area (Å²) in [6.45, 7) is 4.78. The molecule has 1 unspecified atom stereocenters. The van der Waals surface area contributed by atoms with Gasteiger partial charge in [0.05, 0.1) is 5.56 Å². The van der Waals surface area contributed by atoms with Crippen LogP contribution in [0.1, 0.15) is 31.4 Å². The van der Waals surface area contributed by atoms with Crippen LogP contribution in [0.2, 0.25) is 0 Å². The molecular formula is C13H19F3N2. The van der Waals surface area contributed by atoms with Gasteiger partial charge in [0.25, 0.3) is 0 Å². The van der Waals surface area contributed by atoms with Gasteiger partial charge in [0.2, 0.25) is 0 Å². The Morgan fingerprint density at radius 3 is 2.44 bits per heavy atom. The highest BCUT2D eigenvalue weighted by Gasteiger charge is 2.30. The number of nitrogens with two attached hydrogens (primary N) is 1. The lowest BCUT2D eigenvalue weighted by atomic mass is 9.98. The molecule has 0 aliphatic heterocycles. The van der Waals surface area contributed by atoms with Gasteiger partial charge in [-0.15, -0.1) is 0 Å². The van der Waals surface area contributed by atoms with Gasteiger partial charge in [0.15, 0.2) is 0 Å². The zero-order valence-electron chi connectivity index (χ0n) is 10.6. The van der Waals surface area contributed by atoms with E-state index in [4.69, 9.17) is 5.73 Å². The van der Waals surface area contributed by atoms with Crippen molar-refractivity contribution >= 4 is 0 Å². The Hall–Kier alpha value is -1.07. The molecule has 0 spiro atoms. The Balaban J connectivity index is 2.75. The first-order valence-electron chi connectivity index (χ1n) is 5.92. The first-order chi connectivity index (χ1) is 8.30. The molecule has 5 heteroatoms. The monoisotopic (exact) mass is 260 g/mol. The van der Waals surface area contributed by atoms with Gasteiger partial charge in [-0.25, -0.2) is 0 Å². The van der Waals surface area contributed by atoms with Crippen molar-refractivity contribution in [1.29, 1.82) is 0 Å². The second-order valence-electron chi connectivity index (χ2n) is 4.67. The SMILES string of the molecule is CCC(C)(CN)NCc1cccc(C(F)(F)F)c1. The van der Waals surface area contributed by atoms with E-state index in [1.54, 1.807) is 6.07 Å². The molecule has 0 fully saturated rings. The fourth-order valence-electron chi connectivity index (χ4n) is 1.51. The van der Waals surface area contributed by atoms with E-state index in [9.17, 15) is 13.2 Å². The van der Waals surface area contributed by atoms with Gasteiger partial charge < -0.3 is 11.1 Å². The maximum absolute atomic E-state index is 12.5. The summed E-state index contributed by atoms with van der Waals surface area (Å²) in [6.07, 6.45) is -3.47. The van der Waals surface area contributed by atoms with Crippen molar-refractivity contribution in [1.82, 2.24) is 5.32 Å². The van der Waals surface area contributed by atoms with Crippen molar-refractivity contribution < 1.29 is 13.2 Å². The molecule has 102 valence electrons. The Labute approximate surface area is 105 Å². The summed E-state index contributed by atoms with van der Waals surface area (Å²) in [5.41, 5.74) is 5.39. The van der Waals surface area contributed by atoms with Crippen LogP contribution in [0.5, 0.6) is 0 Å². The Kier molecular flexibility index (Phi) is 4.76. The number of alkyl halides is 3.